The largest absolute Gasteiger partial charge is 0.494 e. The number of anilines is 1. The normalized spacial score (nSPS) is 17.7. The second-order valence-corrected chi connectivity index (χ2v) is 10.9. The van der Waals surface area contributed by atoms with Crippen molar-refractivity contribution in [2.75, 3.05) is 25.0 Å². The number of hydrogen-bond donors (Lipinski definition) is 1. The van der Waals surface area contributed by atoms with Crippen LogP contribution >= 0.6 is 11.3 Å². The molecule has 172 valence electrons. The van der Waals surface area contributed by atoms with Crippen LogP contribution in [0.5, 0.6) is 5.75 Å². The number of fused-ring (bicyclic) bond motifs is 1. The monoisotopic (exact) mass is 477 g/mol. The standard InChI is InChI=1S/C21H27N5O4S2/c1-4-30-16-7-8-17-18(10-16)31-21(23-17)24-20(27)15-6-5-9-26(11-15)32(28,29)19-12-25(13-22-19)14(2)3/h7-8,10,12-15H,4-6,9,11H2,1-3H3,(H,23,24,27)/t15-/m1/s1. The number of amides is 1. The molecule has 3 heterocycles. The Labute approximate surface area is 191 Å². The van der Waals surface area contributed by atoms with Gasteiger partial charge in [0.1, 0.15) is 5.75 Å². The van der Waals surface area contributed by atoms with Crippen molar-refractivity contribution in [3.8, 4) is 5.75 Å². The van der Waals surface area contributed by atoms with E-state index in [-0.39, 0.29) is 23.5 Å². The number of ether oxygens (including phenoxy) is 1. The van der Waals surface area contributed by atoms with Crippen LogP contribution < -0.4 is 10.1 Å². The summed E-state index contributed by atoms with van der Waals surface area (Å²) in [6.07, 6.45) is 4.30. The van der Waals surface area contributed by atoms with Crippen molar-refractivity contribution in [1.82, 2.24) is 18.8 Å². The first-order valence-corrected chi connectivity index (χ1v) is 12.9. The SMILES string of the molecule is CCOc1ccc2nc(NC(=O)[C@@H]3CCCN(S(=O)(=O)c4cn(C(C)C)cn4)C3)sc2c1. The lowest BCUT2D eigenvalue weighted by Crippen LogP contribution is -2.43. The number of piperidine rings is 1. The zero-order chi connectivity index (χ0) is 22.9. The molecule has 0 spiro atoms. The van der Waals surface area contributed by atoms with E-state index in [9.17, 15) is 13.2 Å². The minimum Gasteiger partial charge on any atom is -0.494 e. The number of carbonyl (C=O) groups is 1. The number of carbonyl (C=O) groups excluding carboxylic acids is 1. The van der Waals surface area contributed by atoms with Crippen LogP contribution in [0.2, 0.25) is 0 Å². The smallest absolute Gasteiger partial charge is 0.262 e. The molecular formula is C21H27N5O4S2. The average molecular weight is 478 g/mol. The Hall–Kier alpha value is -2.50. The molecule has 0 aliphatic carbocycles. The molecule has 4 rings (SSSR count). The number of nitrogens with one attached hydrogen (secondary N) is 1. The van der Waals surface area contributed by atoms with Gasteiger partial charge in [-0.15, -0.1) is 0 Å². The molecule has 11 heteroatoms. The predicted octanol–water partition coefficient (Wildman–Crippen LogP) is 3.51. The van der Waals surface area contributed by atoms with E-state index < -0.39 is 15.9 Å². The molecule has 1 N–H and O–H groups in total. The second kappa shape index (κ2) is 9.16. The summed E-state index contributed by atoms with van der Waals surface area (Å²) in [7, 11) is -3.75. The number of aromatic nitrogens is 3. The van der Waals surface area contributed by atoms with Crippen molar-refractivity contribution >= 4 is 42.6 Å². The highest BCUT2D eigenvalue weighted by molar-refractivity contribution is 7.89. The van der Waals surface area contributed by atoms with Crippen LogP contribution in [0.4, 0.5) is 5.13 Å². The van der Waals surface area contributed by atoms with Crippen LogP contribution in [0.3, 0.4) is 0 Å². The van der Waals surface area contributed by atoms with Gasteiger partial charge in [-0.3, -0.25) is 4.79 Å². The van der Waals surface area contributed by atoms with Crippen molar-refractivity contribution < 1.29 is 17.9 Å². The van der Waals surface area contributed by atoms with Crippen LogP contribution in [0.25, 0.3) is 10.2 Å². The maximum absolute atomic E-state index is 13.0. The van der Waals surface area contributed by atoms with Crippen molar-refractivity contribution in [3.63, 3.8) is 0 Å². The summed E-state index contributed by atoms with van der Waals surface area (Å²) in [4.78, 5) is 21.5. The summed E-state index contributed by atoms with van der Waals surface area (Å²) in [5.74, 6) is 0.0907. The number of nitrogens with zero attached hydrogens (tertiary/aromatic N) is 4. The van der Waals surface area contributed by atoms with Crippen LogP contribution in [0.1, 0.15) is 39.7 Å². The molecule has 1 saturated heterocycles. The topological polar surface area (TPSA) is 106 Å². The van der Waals surface area contributed by atoms with Gasteiger partial charge in [-0.05, 0) is 51.8 Å². The molecule has 1 amide bonds. The van der Waals surface area contributed by atoms with Gasteiger partial charge in [0.05, 0.1) is 29.1 Å². The minimum absolute atomic E-state index is 0.0172. The van der Waals surface area contributed by atoms with Gasteiger partial charge in [-0.25, -0.2) is 18.4 Å². The molecule has 1 atom stereocenters. The van der Waals surface area contributed by atoms with Crippen LogP contribution in [-0.4, -0.2) is 52.9 Å². The van der Waals surface area contributed by atoms with E-state index in [1.807, 2.05) is 39.0 Å². The van der Waals surface area contributed by atoms with Crippen LogP contribution in [-0.2, 0) is 14.8 Å². The van der Waals surface area contributed by atoms with E-state index in [0.29, 0.717) is 31.1 Å². The number of imidazole rings is 1. The Morgan fingerprint density at radius 1 is 1.38 bits per heavy atom. The zero-order valence-electron chi connectivity index (χ0n) is 18.3. The van der Waals surface area contributed by atoms with Gasteiger partial charge in [0.2, 0.25) is 5.91 Å². The lowest BCUT2D eigenvalue weighted by molar-refractivity contribution is -0.120. The molecule has 2 aromatic heterocycles. The third-order valence-electron chi connectivity index (χ3n) is 5.43. The third kappa shape index (κ3) is 4.64. The third-order valence-corrected chi connectivity index (χ3v) is 8.12. The number of benzene rings is 1. The first kappa shape index (κ1) is 22.7. The molecule has 0 unspecified atom stereocenters. The molecule has 1 aliphatic heterocycles. The fourth-order valence-corrected chi connectivity index (χ4v) is 6.01. The Balaban J connectivity index is 1.45. The molecule has 1 aliphatic rings. The van der Waals surface area contributed by atoms with E-state index in [2.05, 4.69) is 15.3 Å². The lowest BCUT2D eigenvalue weighted by Gasteiger charge is -2.30. The molecule has 0 radical (unpaired) electrons. The van der Waals surface area contributed by atoms with E-state index >= 15 is 0 Å². The van der Waals surface area contributed by atoms with E-state index in [1.54, 1.807) is 10.8 Å². The van der Waals surface area contributed by atoms with Crippen molar-refractivity contribution in [3.05, 3.63) is 30.7 Å². The average Bonchev–Trinajstić information content (AvgIpc) is 3.41. The Morgan fingerprint density at radius 3 is 2.91 bits per heavy atom. The molecule has 0 bridgehead atoms. The minimum atomic E-state index is -3.75. The highest BCUT2D eigenvalue weighted by Crippen LogP contribution is 2.30. The quantitative estimate of drug-likeness (QED) is 0.558. The van der Waals surface area contributed by atoms with Gasteiger partial charge >= 0.3 is 0 Å². The number of thiazole rings is 1. The molecule has 32 heavy (non-hydrogen) atoms. The van der Waals surface area contributed by atoms with Gasteiger partial charge in [-0.2, -0.15) is 4.31 Å². The number of rotatable bonds is 7. The molecule has 9 nitrogen and oxygen atoms in total. The molecule has 1 aromatic carbocycles. The van der Waals surface area contributed by atoms with Gasteiger partial charge in [0.15, 0.2) is 10.2 Å². The maximum Gasteiger partial charge on any atom is 0.262 e. The maximum atomic E-state index is 13.0. The zero-order valence-corrected chi connectivity index (χ0v) is 19.9. The summed E-state index contributed by atoms with van der Waals surface area (Å²) in [6.45, 7) is 6.92. The lowest BCUT2D eigenvalue weighted by atomic mass is 9.99. The first-order chi connectivity index (χ1) is 15.3. The summed E-state index contributed by atoms with van der Waals surface area (Å²) < 4.78 is 35.6. The van der Waals surface area contributed by atoms with Crippen molar-refractivity contribution in [2.45, 2.75) is 44.7 Å². The second-order valence-electron chi connectivity index (χ2n) is 8.03. The molecule has 1 fully saturated rings. The van der Waals surface area contributed by atoms with Crippen LogP contribution in [0.15, 0.2) is 35.7 Å². The summed E-state index contributed by atoms with van der Waals surface area (Å²) in [5, 5.41) is 3.38. The van der Waals surface area contributed by atoms with E-state index in [0.717, 1.165) is 16.0 Å². The number of hydrogen-bond acceptors (Lipinski definition) is 7. The van der Waals surface area contributed by atoms with Crippen LogP contribution in [0, 0.1) is 5.92 Å². The predicted molar refractivity (Wildman–Crippen MR) is 124 cm³/mol. The Morgan fingerprint density at radius 2 is 2.19 bits per heavy atom. The summed E-state index contributed by atoms with van der Waals surface area (Å²) in [5.41, 5.74) is 0.780. The highest BCUT2D eigenvalue weighted by atomic mass is 32.2. The summed E-state index contributed by atoms with van der Waals surface area (Å²) in [6, 6.07) is 5.72. The fourth-order valence-electron chi connectivity index (χ4n) is 3.66. The van der Waals surface area contributed by atoms with E-state index in [1.165, 1.54) is 22.0 Å². The summed E-state index contributed by atoms with van der Waals surface area (Å²) >= 11 is 1.37. The molecule has 3 aromatic rings. The van der Waals surface area contributed by atoms with Crippen molar-refractivity contribution in [2.24, 2.45) is 5.92 Å². The Bertz CT molecular complexity index is 1220. The highest BCUT2D eigenvalue weighted by Gasteiger charge is 2.34. The van der Waals surface area contributed by atoms with Gasteiger partial charge in [0, 0.05) is 25.3 Å². The fraction of sp³-hybridized carbons (Fsp3) is 0.476. The van der Waals surface area contributed by atoms with Gasteiger partial charge in [-0.1, -0.05) is 11.3 Å². The van der Waals surface area contributed by atoms with Crippen molar-refractivity contribution in [1.29, 1.82) is 0 Å². The molecule has 0 saturated carbocycles. The molecular weight excluding hydrogens is 450 g/mol. The number of sulfonamides is 1. The first-order valence-electron chi connectivity index (χ1n) is 10.7. The van der Waals surface area contributed by atoms with E-state index in [4.69, 9.17) is 4.74 Å². The Kier molecular flexibility index (Phi) is 6.50. The van der Waals surface area contributed by atoms with Gasteiger partial charge < -0.3 is 14.6 Å². The van der Waals surface area contributed by atoms with Gasteiger partial charge in [0.25, 0.3) is 10.0 Å².